The third-order valence-corrected chi connectivity index (χ3v) is 2.67. The number of likely N-dealkylation sites (N-methyl/N-ethyl adjacent to an activating group) is 1. The van der Waals surface area contributed by atoms with Crippen molar-refractivity contribution in [2.45, 2.75) is 32.9 Å². The van der Waals surface area contributed by atoms with Gasteiger partial charge in [0.2, 0.25) is 5.91 Å². The monoisotopic (exact) mass is 220 g/mol. The van der Waals surface area contributed by atoms with Crippen molar-refractivity contribution in [3.05, 3.63) is 35.4 Å². The number of benzene rings is 1. The highest BCUT2D eigenvalue weighted by molar-refractivity contribution is 5.81. The van der Waals surface area contributed by atoms with E-state index in [-0.39, 0.29) is 11.9 Å². The first-order chi connectivity index (χ1) is 7.54. The molecule has 0 aliphatic heterocycles. The summed E-state index contributed by atoms with van der Waals surface area (Å²) >= 11 is 0. The molecule has 0 saturated heterocycles. The summed E-state index contributed by atoms with van der Waals surface area (Å²) in [6.07, 6.45) is 0.678. The van der Waals surface area contributed by atoms with Crippen LogP contribution in [0.4, 0.5) is 0 Å². The van der Waals surface area contributed by atoms with Gasteiger partial charge in [-0.15, -0.1) is 0 Å². The number of amides is 1. The summed E-state index contributed by atoms with van der Waals surface area (Å²) in [6, 6.07) is 7.80. The molecule has 0 bridgehead atoms. The number of rotatable bonds is 4. The fourth-order valence-corrected chi connectivity index (χ4v) is 1.50. The molecule has 0 aromatic heterocycles. The highest BCUT2D eigenvalue weighted by Gasteiger charge is 2.15. The lowest BCUT2D eigenvalue weighted by Crippen LogP contribution is -2.40. The number of hydrogen-bond donors (Lipinski definition) is 1. The standard InChI is InChI=1S/C13H20N2O/c1-4-12(14)13(16)15(3)9-11-7-5-10(2)6-8-11/h5-8,12H,4,9,14H2,1-3H3/t12-/m0/s1. The van der Waals surface area contributed by atoms with Crippen LogP contribution in [0, 0.1) is 6.92 Å². The molecular formula is C13H20N2O. The largest absolute Gasteiger partial charge is 0.340 e. The van der Waals surface area contributed by atoms with Crippen LogP contribution in [0.25, 0.3) is 0 Å². The molecule has 1 rings (SSSR count). The Morgan fingerprint density at radius 3 is 2.44 bits per heavy atom. The lowest BCUT2D eigenvalue weighted by Gasteiger charge is -2.20. The van der Waals surface area contributed by atoms with Crippen molar-refractivity contribution in [1.29, 1.82) is 0 Å². The molecule has 0 saturated carbocycles. The molecule has 3 nitrogen and oxygen atoms in total. The summed E-state index contributed by atoms with van der Waals surface area (Å²) in [5.74, 6) is 0.00285. The smallest absolute Gasteiger partial charge is 0.239 e. The van der Waals surface area contributed by atoms with Gasteiger partial charge >= 0.3 is 0 Å². The van der Waals surface area contributed by atoms with E-state index in [1.807, 2.05) is 38.1 Å². The van der Waals surface area contributed by atoms with E-state index in [1.165, 1.54) is 5.56 Å². The van der Waals surface area contributed by atoms with Crippen LogP contribution in [0.3, 0.4) is 0 Å². The van der Waals surface area contributed by atoms with Gasteiger partial charge in [0, 0.05) is 13.6 Å². The number of carbonyl (C=O) groups is 1. The Labute approximate surface area is 97.2 Å². The molecule has 1 amide bonds. The van der Waals surface area contributed by atoms with E-state index < -0.39 is 0 Å². The van der Waals surface area contributed by atoms with Crippen LogP contribution >= 0.6 is 0 Å². The number of nitrogens with zero attached hydrogens (tertiary/aromatic N) is 1. The van der Waals surface area contributed by atoms with E-state index in [2.05, 4.69) is 0 Å². The fraction of sp³-hybridized carbons (Fsp3) is 0.462. The molecule has 3 heteroatoms. The molecule has 0 aliphatic carbocycles. The van der Waals surface area contributed by atoms with Gasteiger partial charge in [-0.3, -0.25) is 4.79 Å². The van der Waals surface area contributed by atoms with Crippen molar-refractivity contribution >= 4 is 5.91 Å². The van der Waals surface area contributed by atoms with Crippen LogP contribution in [0.1, 0.15) is 24.5 Å². The zero-order valence-electron chi connectivity index (χ0n) is 10.2. The first-order valence-corrected chi connectivity index (χ1v) is 5.60. The first-order valence-electron chi connectivity index (χ1n) is 5.60. The van der Waals surface area contributed by atoms with Crippen LogP contribution in [-0.2, 0) is 11.3 Å². The van der Waals surface area contributed by atoms with Gasteiger partial charge in [-0.25, -0.2) is 0 Å². The van der Waals surface area contributed by atoms with Crippen molar-refractivity contribution in [2.75, 3.05) is 7.05 Å². The SMILES string of the molecule is CC[C@H](N)C(=O)N(C)Cc1ccc(C)cc1. The third kappa shape index (κ3) is 3.35. The average Bonchev–Trinajstić information content (AvgIpc) is 2.30. The van der Waals surface area contributed by atoms with Gasteiger partial charge in [-0.1, -0.05) is 36.8 Å². The second kappa shape index (κ2) is 5.66. The Balaban J connectivity index is 2.60. The van der Waals surface area contributed by atoms with E-state index in [0.717, 1.165) is 5.56 Å². The lowest BCUT2D eigenvalue weighted by molar-refractivity contribution is -0.131. The van der Waals surface area contributed by atoms with Gasteiger partial charge < -0.3 is 10.6 Å². The predicted molar refractivity (Wildman–Crippen MR) is 65.9 cm³/mol. The van der Waals surface area contributed by atoms with Crippen molar-refractivity contribution < 1.29 is 4.79 Å². The molecule has 0 unspecified atom stereocenters. The van der Waals surface area contributed by atoms with Gasteiger partial charge in [-0.05, 0) is 18.9 Å². The second-order valence-corrected chi connectivity index (χ2v) is 4.19. The Bertz CT molecular complexity index is 345. The highest BCUT2D eigenvalue weighted by atomic mass is 16.2. The van der Waals surface area contributed by atoms with E-state index >= 15 is 0 Å². The fourth-order valence-electron chi connectivity index (χ4n) is 1.50. The van der Waals surface area contributed by atoms with Crippen LogP contribution in [0.15, 0.2) is 24.3 Å². The normalized spacial score (nSPS) is 12.2. The van der Waals surface area contributed by atoms with E-state index in [4.69, 9.17) is 5.73 Å². The third-order valence-electron chi connectivity index (χ3n) is 2.67. The number of hydrogen-bond acceptors (Lipinski definition) is 2. The van der Waals surface area contributed by atoms with Crippen LogP contribution in [0.5, 0.6) is 0 Å². The molecule has 0 heterocycles. The van der Waals surface area contributed by atoms with Crippen LogP contribution in [-0.4, -0.2) is 23.9 Å². The number of aryl methyl sites for hydroxylation is 1. The van der Waals surface area contributed by atoms with Crippen molar-refractivity contribution in [3.63, 3.8) is 0 Å². The van der Waals surface area contributed by atoms with Gasteiger partial charge in [0.25, 0.3) is 0 Å². The first kappa shape index (κ1) is 12.7. The van der Waals surface area contributed by atoms with Crippen LogP contribution in [0.2, 0.25) is 0 Å². The predicted octanol–water partition coefficient (Wildman–Crippen LogP) is 1.69. The van der Waals surface area contributed by atoms with Crippen molar-refractivity contribution in [1.82, 2.24) is 4.90 Å². The molecule has 1 aromatic rings. The Hall–Kier alpha value is -1.35. The summed E-state index contributed by atoms with van der Waals surface area (Å²) in [5.41, 5.74) is 8.06. The van der Waals surface area contributed by atoms with Crippen molar-refractivity contribution in [3.8, 4) is 0 Å². The quantitative estimate of drug-likeness (QED) is 0.839. The molecule has 1 aromatic carbocycles. The van der Waals surface area contributed by atoms with E-state index in [0.29, 0.717) is 13.0 Å². The Morgan fingerprint density at radius 2 is 1.94 bits per heavy atom. The maximum Gasteiger partial charge on any atom is 0.239 e. The topological polar surface area (TPSA) is 46.3 Å². The Kier molecular flexibility index (Phi) is 4.50. The lowest BCUT2D eigenvalue weighted by atomic mass is 10.1. The molecule has 16 heavy (non-hydrogen) atoms. The zero-order valence-corrected chi connectivity index (χ0v) is 10.2. The zero-order chi connectivity index (χ0) is 12.1. The minimum atomic E-state index is -0.379. The molecule has 1 atom stereocenters. The van der Waals surface area contributed by atoms with Crippen molar-refractivity contribution in [2.24, 2.45) is 5.73 Å². The van der Waals surface area contributed by atoms with Gasteiger partial charge in [-0.2, -0.15) is 0 Å². The maximum atomic E-state index is 11.7. The van der Waals surface area contributed by atoms with Gasteiger partial charge in [0.1, 0.15) is 0 Å². The minimum absolute atomic E-state index is 0.00285. The van der Waals surface area contributed by atoms with E-state index in [9.17, 15) is 4.79 Å². The summed E-state index contributed by atoms with van der Waals surface area (Å²) < 4.78 is 0. The van der Waals surface area contributed by atoms with Crippen LogP contribution < -0.4 is 5.73 Å². The van der Waals surface area contributed by atoms with Gasteiger partial charge in [0.15, 0.2) is 0 Å². The molecular weight excluding hydrogens is 200 g/mol. The summed E-state index contributed by atoms with van der Waals surface area (Å²) in [5, 5.41) is 0. The highest BCUT2D eigenvalue weighted by Crippen LogP contribution is 2.07. The molecule has 0 radical (unpaired) electrons. The molecule has 0 aliphatic rings. The minimum Gasteiger partial charge on any atom is -0.340 e. The number of carbonyl (C=O) groups excluding carboxylic acids is 1. The summed E-state index contributed by atoms with van der Waals surface area (Å²) in [7, 11) is 1.79. The average molecular weight is 220 g/mol. The second-order valence-electron chi connectivity index (χ2n) is 4.19. The van der Waals surface area contributed by atoms with Gasteiger partial charge in [0.05, 0.1) is 6.04 Å². The molecule has 0 fully saturated rings. The molecule has 2 N–H and O–H groups in total. The molecule has 0 spiro atoms. The Morgan fingerprint density at radius 1 is 1.38 bits per heavy atom. The maximum absolute atomic E-state index is 11.7. The summed E-state index contributed by atoms with van der Waals surface area (Å²) in [4.78, 5) is 13.4. The number of nitrogens with two attached hydrogens (primary N) is 1. The summed E-state index contributed by atoms with van der Waals surface area (Å²) in [6.45, 7) is 4.58. The molecule has 88 valence electrons. The van der Waals surface area contributed by atoms with E-state index in [1.54, 1.807) is 11.9 Å².